The molecule has 1 aliphatic heterocycles. The number of anilines is 1. The molecule has 1 amide bonds. The highest BCUT2D eigenvalue weighted by Crippen LogP contribution is 2.50. The molecule has 1 heterocycles. The van der Waals surface area contributed by atoms with Gasteiger partial charge in [0.05, 0.1) is 37.4 Å². The summed E-state index contributed by atoms with van der Waals surface area (Å²) in [5.74, 6) is -1.02. The van der Waals surface area contributed by atoms with Gasteiger partial charge in [0.1, 0.15) is 17.3 Å². The Morgan fingerprint density at radius 2 is 1.58 bits per heavy atom. The number of fused-ring (bicyclic) bond motifs is 2. The number of amides is 1. The average molecular weight is 498 g/mol. The Bertz CT molecular complexity index is 1260. The third-order valence-electron chi connectivity index (χ3n) is 5.63. The minimum Gasteiger partial charge on any atom is -0.493 e. The molecular formula is C28H32FNO6. The van der Waals surface area contributed by atoms with Crippen LogP contribution in [0.4, 0.5) is 10.1 Å². The summed E-state index contributed by atoms with van der Waals surface area (Å²) in [6.07, 6.45) is -1.64. The Labute approximate surface area is 210 Å². The summed E-state index contributed by atoms with van der Waals surface area (Å²) in [6.45, 7) is 10.1. The molecule has 1 N–H and O–H groups in total. The molecule has 0 aliphatic carbocycles. The Morgan fingerprint density at radius 3 is 2.17 bits per heavy atom. The van der Waals surface area contributed by atoms with Gasteiger partial charge in [-0.15, -0.1) is 0 Å². The van der Waals surface area contributed by atoms with Crippen molar-refractivity contribution in [1.82, 2.24) is 0 Å². The molecule has 0 saturated carbocycles. The van der Waals surface area contributed by atoms with Gasteiger partial charge in [0, 0.05) is 16.5 Å². The molecule has 0 aromatic heterocycles. The summed E-state index contributed by atoms with van der Waals surface area (Å²) in [4.78, 5) is 26.4. The Balaban J connectivity index is 0.00000176. The van der Waals surface area contributed by atoms with Gasteiger partial charge in [0.15, 0.2) is 6.23 Å². The van der Waals surface area contributed by atoms with Crippen molar-refractivity contribution in [3.63, 3.8) is 0 Å². The molecule has 8 heteroatoms. The Hall–Kier alpha value is -3.65. The van der Waals surface area contributed by atoms with Gasteiger partial charge in [-0.05, 0) is 38.5 Å². The highest BCUT2D eigenvalue weighted by atomic mass is 19.1. The smallest absolute Gasteiger partial charge is 0.310 e. The zero-order chi connectivity index (χ0) is 26.4. The first-order valence-corrected chi connectivity index (χ1v) is 12.2. The fourth-order valence-corrected chi connectivity index (χ4v) is 4.26. The topological polar surface area (TPSA) is 85.3 Å². The largest absolute Gasteiger partial charge is 0.493 e. The molecule has 1 unspecified atom stereocenters. The second kappa shape index (κ2) is 11.9. The first-order valence-electron chi connectivity index (χ1n) is 12.2. The number of ether oxygens (including phenoxy) is 3. The molecule has 36 heavy (non-hydrogen) atoms. The molecule has 0 radical (unpaired) electrons. The fraction of sp³-hybridized carbons (Fsp3) is 0.357. The van der Waals surface area contributed by atoms with Crippen LogP contribution in [0.15, 0.2) is 42.5 Å². The molecule has 3 aromatic carbocycles. The van der Waals surface area contributed by atoms with Crippen molar-refractivity contribution < 1.29 is 33.3 Å². The van der Waals surface area contributed by atoms with Gasteiger partial charge in [-0.3, -0.25) is 14.5 Å². The zero-order valence-corrected chi connectivity index (χ0v) is 21.3. The number of carbonyl (C=O) groups excluding carboxylic acids is 2. The SMILES string of the molecule is CC.CCOC(=O)Cc1ccc(N2C(=O)c3c(c(OCC)c4ccccc4c3OCC)C2O)cc1F. The zero-order valence-electron chi connectivity index (χ0n) is 21.3. The third-order valence-corrected chi connectivity index (χ3v) is 5.63. The summed E-state index contributed by atoms with van der Waals surface area (Å²) >= 11 is 0. The van der Waals surface area contributed by atoms with E-state index in [0.717, 1.165) is 11.0 Å². The number of hydrogen-bond donors (Lipinski definition) is 1. The van der Waals surface area contributed by atoms with E-state index in [-0.39, 0.29) is 35.4 Å². The van der Waals surface area contributed by atoms with Crippen LogP contribution in [0.1, 0.15) is 62.3 Å². The maximum absolute atomic E-state index is 14.8. The molecule has 4 rings (SSSR count). The van der Waals surface area contributed by atoms with Gasteiger partial charge in [0.2, 0.25) is 0 Å². The highest BCUT2D eigenvalue weighted by Gasteiger charge is 2.43. The van der Waals surface area contributed by atoms with Crippen LogP contribution in [0.25, 0.3) is 10.8 Å². The number of esters is 1. The second-order valence-electron chi connectivity index (χ2n) is 7.66. The van der Waals surface area contributed by atoms with Crippen LogP contribution >= 0.6 is 0 Å². The maximum atomic E-state index is 14.8. The van der Waals surface area contributed by atoms with Crippen LogP contribution < -0.4 is 14.4 Å². The van der Waals surface area contributed by atoms with E-state index in [1.54, 1.807) is 6.92 Å². The molecular weight excluding hydrogens is 465 g/mol. The number of hydrogen-bond acceptors (Lipinski definition) is 6. The molecule has 3 aromatic rings. The van der Waals surface area contributed by atoms with Crippen LogP contribution in [0, 0.1) is 5.82 Å². The van der Waals surface area contributed by atoms with Crippen LogP contribution in [-0.2, 0) is 16.0 Å². The van der Waals surface area contributed by atoms with Gasteiger partial charge in [-0.2, -0.15) is 0 Å². The molecule has 7 nitrogen and oxygen atoms in total. The standard InChI is InChI=1S/C26H26FNO6.C2H6/c1-4-32-20(29)13-15-11-12-16(14-19(15)27)28-25(30)21-22(26(28)31)24(34-6-3)18-10-8-7-9-17(18)23(21)33-5-2;1-2/h7-12,14,25,30H,4-6,13H2,1-3H3;1-2H3. The molecule has 0 spiro atoms. The monoisotopic (exact) mass is 497 g/mol. The van der Waals surface area contributed by atoms with Gasteiger partial charge in [-0.25, -0.2) is 4.39 Å². The third kappa shape index (κ3) is 4.86. The summed E-state index contributed by atoms with van der Waals surface area (Å²) in [5, 5.41) is 12.7. The number of aliphatic hydroxyl groups excluding tert-OH is 1. The number of carbonyl (C=O) groups is 2. The Kier molecular flexibility index (Phi) is 8.88. The number of aliphatic hydroxyl groups is 1. The van der Waals surface area contributed by atoms with Crippen LogP contribution in [0.2, 0.25) is 0 Å². The van der Waals surface area contributed by atoms with Crippen molar-refractivity contribution in [1.29, 1.82) is 0 Å². The van der Waals surface area contributed by atoms with E-state index in [1.807, 2.05) is 52.0 Å². The van der Waals surface area contributed by atoms with Crippen LogP contribution in [-0.4, -0.2) is 36.8 Å². The molecule has 192 valence electrons. The number of nitrogens with zero attached hydrogens (tertiary/aromatic N) is 1. The first kappa shape index (κ1) is 26.9. The van der Waals surface area contributed by atoms with E-state index in [0.29, 0.717) is 35.5 Å². The molecule has 0 fully saturated rings. The lowest BCUT2D eigenvalue weighted by Gasteiger charge is -2.22. The minimum absolute atomic E-state index is 0.136. The first-order chi connectivity index (χ1) is 17.4. The normalized spacial score (nSPS) is 14.2. The fourth-order valence-electron chi connectivity index (χ4n) is 4.26. The minimum atomic E-state index is -1.41. The summed E-state index contributed by atoms with van der Waals surface area (Å²) in [5.41, 5.74) is 0.752. The highest BCUT2D eigenvalue weighted by molar-refractivity contribution is 6.17. The van der Waals surface area contributed by atoms with Crippen LogP contribution in [0.5, 0.6) is 11.5 Å². The van der Waals surface area contributed by atoms with Gasteiger partial charge < -0.3 is 19.3 Å². The van der Waals surface area contributed by atoms with E-state index in [1.165, 1.54) is 12.1 Å². The van der Waals surface area contributed by atoms with Gasteiger partial charge >= 0.3 is 5.97 Å². The van der Waals surface area contributed by atoms with E-state index >= 15 is 0 Å². The second-order valence-corrected chi connectivity index (χ2v) is 7.66. The van der Waals surface area contributed by atoms with Crippen LogP contribution in [0.3, 0.4) is 0 Å². The lowest BCUT2D eigenvalue weighted by Crippen LogP contribution is -2.28. The lowest BCUT2D eigenvalue weighted by molar-refractivity contribution is -0.142. The summed E-state index contributed by atoms with van der Waals surface area (Å²) in [6, 6.07) is 11.4. The van der Waals surface area contributed by atoms with E-state index in [4.69, 9.17) is 14.2 Å². The molecule has 0 saturated heterocycles. The van der Waals surface area contributed by atoms with Gasteiger partial charge in [-0.1, -0.05) is 44.2 Å². The average Bonchev–Trinajstić information content (AvgIpc) is 3.14. The van der Waals surface area contributed by atoms with Crippen molar-refractivity contribution in [3.05, 3.63) is 65.0 Å². The summed E-state index contributed by atoms with van der Waals surface area (Å²) in [7, 11) is 0. The number of rotatable bonds is 8. The molecule has 0 bridgehead atoms. The predicted octanol–water partition coefficient (Wildman–Crippen LogP) is 5.56. The lowest BCUT2D eigenvalue weighted by atomic mass is 9.98. The maximum Gasteiger partial charge on any atom is 0.310 e. The Morgan fingerprint density at radius 1 is 0.972 bits per heavy atom. The van der Waals surface area contributed by atoms with E-state index in [9.17, 15) is 19.1 Å². The number of halogens is 1. The predicted molar refractivity (Wildman–Crippen MR) is 136 cm³/mol. The molecule has 1 aliphatic rings. The van der Waals surface area contributed by atoms with Crippen molar-refractivity contribution in [2.24, 2.45) is 0 Å². The quantitative estimate of drug-likeness (QED) is 0.410. The number of benzene rings is 3. The van der Waals surface area contributed by atoms with Crippen molar-refractivity contribution in [2.45, 2.75) is 47.3 Å². The summed E-state index contributed by atoms with van der Waals surface area (Å²) < 4.78 is 31.5. The molecule has 1 atom stereocenters. The van der Waals surface area contributed by atoms with Crippen molar-refractivity contribution >= 4 is 28.3 Å². The van der Waals surface area contributed by atoms with E-state index < -0.39 is 23.9 Å². The van der Waals surface area contributed by atoms with Crippen molar-refractivity contribution in [3.8, 4) is 11.5 Å². The van der Waals surface area contributed by atoms with E-state index in [2.05, 4.69) is 0 Å². The van der Waals surface area contributed by atoms with Gasteiger partial charge in [0.25, 0.3) is 5.91 Å². The van der Waals surface area contributed by atoms with Crippen molar-refractivity contribution in [2.75, 3.05) is 24.7 Å².